The number of aliphatic hydroxyl groups excluding tert-OH is 1. The van der Waals surface area contributed by atoms with Gasteiger partial charge in [0.2, 0.25) is 6.41 Å². The van der Waals surface area contributed by atoms with Crippen LogP contribution in [0.25, 0.3) is 0 Å². The molecule has 5 nitrogen and oxygen atoms in total. The molecule has 0 saturated heterocycles. The second-order valence-electron chi connectivity index (χ2n) is 3.26. The van der Waals surface area contributed by atoms with Gasteiger partial charge in [-0.2, -0.15) is 0 Å². The normalized spacial score (nSPS) is 29.6. The van der Waals surface area contributed by atoms with Gasteiger partial charge in [0.25, 0.3) is 0 Å². The first kappa shape index (κ1) is 9.98. The zero-order chi connectivity index (χ0) is 9.84. The molecule has 0 heterocycles. The highest BCUT2D eigenvalue weighted by atomic mass is 16.4. The molecule has 3 atom stereocenters. The lowest BCUT2D eigenvalue weighted by Crippen LogP contribution is -2.44. The lowest BCUT2D eigenvalue weighted by molar-refractivity contribution is -0.143. The molecule has 0 spiro atoms. The van der Waals surface area contributed by atoms with E-state index in [4.69, 9.17) is 5.11 Å². The number of carboxylic acid groups (broad SMARTS) is 1. The smallest absolute Gasteiger partial charge is 0.326 e. The first-order valence-corrected chi connectivity index (χ1v) is 4.27. The molecule has 0 aromatic carbocycles. The van der Waals surface area contributed by atoms with E-state index in [1.54, 1.807) is 0 Å². The number of rotatable bonds is 4. The summed E-state index contributed by atoms with van der Waals surface area (Å²) >= 11 is 0. The minimum Gasteiger partial charge on any atom is -0.480 e. The van der Waals surface area contributed by atoms with Crippen molar-refractivity contribution in [3.8, 4) is 0 Å². The van der Waals surface area contributed by atoms with Gasteiger partial charge in [-0.3, -0.25) is 4.79 Å². The summed E-state index contributed by atoms with van der Waals surface area (Å²) in [5.74, 6) is -1.43. The molecule has 1 fully saturated rings. The predicted molar refractivity (Wildman–Crippen MR) is 44.0 cm³/mol. The molecule has 0 bridgehead atoms. The lowest BCUT2D eigenvalue weighted by Gasteiger charge is -2.21. The third-order valence-electron chi connectivity index (χ3n) is 2.47. The second kappa shape index (κ2) is 4.23. The van der Waals surface area contributed by atoms with Crippen LogP contribution in [-0.2, 0) is 9.59 Å². The average molecular weight is 187 g/mol. The Morgan fingerprint density at radius 1 is 1.54 bits per heavy atom. The molecule has 3 N–H and O–H groups in total. The van der Waals surface area contributed by atoms with Gasteiger partial charge < -0.3 is 15.5 Å². The maximum absolute atomic E-state index is 10.7. The van der Waals surface area contributed by atoms with Crippen molar-refractivity contribution in [1.82, 2.24) is 5.32 Å². The topological polar surface area (TPSA) is 86.6 Å². The van der Waals surface area contributed by atoms with Crippen LogP contribution in [0.4, 0.5) is 0 Å². The molecule has 1 amide bonds. The maximum atomic E-state index is 10.7. The van der Waals surface area contributed by atoms with E-state index in [9.17, 15) is 14.7 Å². The number of aliphatic carboxylic acids is 1. The first-order chi connectivity index (χ1) is 6.16. The van der Waals surface area contributed by atoms with Crippen LogP contribution in [0.15, 0.2) is 0 Å². The van der Waals surface area contributed by atoms with Crippen molar-refractivity contribution < 1.29 is 19.8 Å². The van der Waals surface area contributed by atoms with Crippen molar-refractivity contribution >= 4 is 12.4 Å². The van der Waals surface area contributed by atoms with Crippen molar-refractivity contribution in [2.24, 2.45) is 5.92 Å². The summed E-state index contributed by atoms with van der Waals surface area (Å²) in [6.07, 6.45) is 1.85. The molecule has 1 rings (SSSR count). The monoisotopic (exact) mass is 187 g/mol. The van der Waals surface area contributed by atoms with E-state index in [2.05, 4.69) is 5.32 Å². The number of aliphatic hydroxyl groups is 1. The maximum Gasteiger partial charge on any atom is 0.326 e. The molecule has 0 aromatic heterocycles. The van der Waals surface area contributed by atoms with Crippen LogP contribution in [0, 0.1) is 5.92 Å². The summed E-state index contributed by atoms with van der Waals surface area (Å²) in [7, 11) is 0. The number of amides is 1. The van der Waals surface area contributed by atoms with Gasteiger partial charge in [0.15, 0.2) is 0 Å². The minimum atomic E-state index is -1.09. The van der Waals surface area contributed by atoms with E-state index >= 15 is 0 Å². The third-order valence-corrected chi connectivity index (χ3v) is 2.47. The number of carbonyl (C=O) groups is 2. The highest BCUT2D eigenvalue weighted by molar-refractivity contribution is 5.76. The Labute approximate surface area is 75.7 Å². The Balaban J connectivity index is 2.62. The third kappa shape index (κ3) is 2.18. The summed E-state index contributed by atoms with van der Waals surface area (Å²) in [6, 6.07) is -0.949. The fraction of sp³-hybridized carbons (Fsp3) is 0.750. The highest BCUT2D eigenvalue weighted by Gasteiger charge is 2.36. The summed E-state index contributed by atoms with van der Waals surface area (Å²) < 4.78 is 0. The van der Waals surface area contributed by atoms with Gasteiger partial charge in [0, 0.05) is 5.92 Å². The van der Waals surface area contributed by atoms with Gasteiger partial charge >= 0.3 is 5.97 Å². The van der Waals surface area contributed by atoms with E-state index in [1.165, 1.54) is 0 Å². The van der Waals surface area contributed by atoms with Crippen LogP contribution in [0.2, 0.25) is 0 Å². The molecule has 1 saturated carbocycles. The molecule has 74 valence electrons. The Kier molecular flexibility index (Phi) is 3.25. The van der Waals surface area contributed by atoms with Crippen molar-refractivity contribution in [2.75, 3.05) is 0 Å². The largest absolute Gasteiger partial charge is 0.480 e. The van der Waals surface area contributed by atoms with Gasteiger partial charge in [0.05, 0.1) is 6.10 Å². The fourth-order valence-corrected chi connectivity index (χ4v) is 1.81. The van der Waals surface area contributed by atoms with Gasteiger partial charge in [-0.25, -0.2) is 4.79 Å². The minimum absolute atomic E-state index is 0.345. The highest BCUT2D eigenvalue weighted by Crippen LogP contribution is 2.28. The van der Waals surface area contributed by atoms with Gasteiger partial charge in [0.1, 0.15) is 6.04 Å². The molecule has 3 unspecified atom stereocenters. The molecule has 1 aliphatic carbocycles. The number of nitrogens with one attached hydrogen (secondary N) is 1. The van der Waals surface area contributed by atoms with E-state index in [0.717, 1.165) is 6.42 Å². The average Bonchev–Trinajstić information content (AvgIpc) is 2.47. The fourth-order valence-electron chi connectivity index (χ4n) is 1.81. The van der Waals surface area contributed by atoms with Crippen molar-refractivity contribution in [2.45, 2.75) is 31.4 Å². The molecule has 0 aromatic rings. The molecule has 1 aliphatic rings. The molecule has 13 heavy (non-hydrogen) atoms. The predicted octanol–water partition coefficient (Wildman–Crippen LogP) is -0.653. The summed E-state index contributed by atoms with van der Waals surface area (Å²) in [4.78, 5) is 20.8. The number of hydrogen-bond acceptors (Lipinski definition) is 3. The van der Waals surface area contributed by atoms with Crippen LogP contribution < -0.4 is 5.32 Å². The second-order valence-corrected chi connectivity index (χ2v) is 3.26. The lowest BCUT2D eigenvalue weighted by atomic mass is 9.96. The van der Waals surface area contributed by atoms with Gasteiger partial charge in [-0.05, 0) is 12.8 Å². The van der Waals surface area contributed by atoms with E-state index in [0.29, 0.717) is 19.3 Å². The Hall–Kier alpha value is -1.10. The molecule has 5 heteroatoms. The van der Waals surface area contributed by atoms with Crippen LogP contribution in [0.3, 0.4) is 0 Å². The molecular weight excluding hydrogens is 174 g/mol. The van der Waals surface area contributed by atoms with Crippen LogP contribution in [-0.4, -0.2) is 34.7 Å². The molecule has 0 aliphatic heterocycles. The number of carboxylic acids is 1. The van der Waals surface area contributed by atoms with Crippen LogP contribution >= 0.6 is 0 Å². The standard InChI is InChI=1S/C8H13NO4/c10-4-9-7(8(12)13)5-2-1-3-6(5)11/h4-7,11H,1-3H2,(H,9,10)(H,12,13). The van der Waals surface area contributed by atoms with Crippen molar-refractivity contribution in [3.05, 3.63) is 0 Å². The zero-order valence-electron chi connectivity index (χ0n) is 7.14. The quantitative estimate of drug-likeness (QED) is 0.510. The van der Waals surface area contributed by atoms with Crippen LogP contribution in [0.1, 0.15) is 19.3 Å². The Bertz CT molecular complexity index is 206. The molecule has 0 radical (unpaired) electrons. The Morgan fingerprint density at radius 2 is 2.23 bits per heavy atom. The summed E-state index contributed by atoms with van der Waals surface area (Å²) in [5, 5.41) is 20.4. The Morgan fingerprint density at radius 3 is 2.62 bits per heavy atom. The van der Waals surface area contributed by atoms with Crippen molar-refractivity contribution in [1.29, 1.82) is 0 Å². The zero-order valence-corrected chi connectivity index (χ0v) is 7.14. The first-order valence-electron chi connectivity index (χ1n) is 4.27. The SMILES string of the molecule is O=CNC(C(=O)O)C1CCCC1O. The van der Waals surface area contributed by atoms with Crippen LogP contribution in [0.5, 0.6) is 0 Å². The summed E-state index contributed by atoms with van der Waals surface area (Å²) in [6.45, 7) is 0. The number of carbonyl (C=O) groups excluding carboxylic acids is 1. The molecular formula is C8H13NO4. The van der Waals surface area contributed by atoms with E-state index in [-0.39, 0.29) is 5.92 Å². The van der Waals surface area contributed by atoms with E-state index in [1.807, 2.05) is 0 Å². The van der Waals surface area contributed by atoms with Gasteiger partial charge in [-0.1, -0.05) is 6.42 Å². The van der Waals surface area contributed by atoms with Gasteiger partial charge in [-0.15, -0.1) is 0 Å². The van der Waals surface area contributed by atoms with E-state index < -0.39 is 18.1 Å². The van der Waals surface area contributed by atoms with Crippen molar-refractivity contribution in [3.63, 3.8) is 0 Å². The number of hydrogen-bond donors (Lipinski definition) is 3. The summed E-state index contributed by atoms with van der Waals surface area (Å²) in [5.41, 5.74) is 0.